The van der Waals surface area contributed by atoms with E-state index in [1.54, 1.807) is 0 Å². The highest BCUT2D eigenvalue weighted by molar-refractivity contribution is 4.76. The van der Waals surface area contributed by atoms with Crippen LogP contribution in [0.3, 0.4) is 0 Å². The van der Waals surface area contributed by atoms with Crippen LogP contribution in [0.5, 0.6) is 0 Å². The van der Waals surface area contributed by atoms with Crippen LogP contribution in [0.25, 0.3) is 0 Å². The second-order valence-electron chi connectivity index (χ2n) is 5.11. The fraction of sp³-hybridized carbons (Fsp3) is 0.923. The average molecular weight is 223 g/mol. The molecule has 0 radical (unpaired) electrons. The number of hydrogen-bond acceptors (Lipinski definition) is 3. The molecule has 0 spiro atoms. The summed E-state index contributed by atoms with van der Waals surface area (Å²) in [5.74, 6) is 0.856. The number of rotatable bonds is 6. The summed E-state index contributed by atoms with van der Waals surface area (Å²) in [6.45, 7) is 9.13. The number of unbranched alkanes of at least 4 members (excludes halogenated alkanes) is 1. The van der Waals surface area contributed by atoms with Gasteiger partial charge in [-0.05, 0) is 51.4 Å². The Bertz CT molecular complexity index is 212. The second kappa shape index (κ2) is 7.65. The number of likely N-dealkylation sites (tertiary alicyclic amines) is 1. The molecule has 0 saturated carbocycles. The number of nitrogens with one attached hydrogen (secondary N) is 1. The summed E-state index contributed by atoms with van der Waals surface area (Å²) in [4.78, 5) is 2.50. The molecule has 1 fully saturated rings. The van der Waals surface area contributed by atoms with Crippen LogP contribution in [-0.2, 0) is 0 Å². The smallest absolute Gasteiger partial charge is 0.0622 e. The predicted molar refractivity (Wildman–Crippen MR) is 67.1 cm³/mol. The van der Waals surface area contributed by atoms with Crippen molar-refractivity contribution in [1.82, 2.24) is 10.2 Å². The van der Waals surface area contributed by atoms with Crippen molar-refractivity contribution in [3.8, 4) is 6.07 Å². The minimum Gasteiger partial charge on any atom is -0.314 e. The van der Waals surface area contributed by atoms with E-state index in [1.165, 1.54) is 32.5 Å². The highest BCUT2D eigenvalue weighted by Crippen LogP contribution is 2.16. The van der Waals surface area contributed by atoms with Crippen LogP contribution in [0.4, 0.5) is 0 Å². The molecule has 1 heterocycles. The fourth-order valence-corrected chi connectivity index (χ4v) is 2.20. The van der Waals surface area contributed by atoms with Gasteiger partial charge in [0.1, 0.15) is 0 Å². The van der Waals surface area contributed by atoms with Crippen molar-refractivity contribution in [1.29, 1.82) is 5.26 Å². The summed E-state index contributed by atoms with van der Waals surface area (Å²) < 4.78 is 0. The molecule has 1 N–H and O–H groups in total. The van der Waals surface area contributed by atoms with Crippen LogP contribution in [0.15, 0.2) is 0 Å². The summed E-state index contributed by atoms with van der Waals surface area (Å²) in [5, 5.41) is 12.0. The van der Waals surface area contributed by atoms with Crippen molar-refractivity contribution in [3.05, 3.63) is 0 Å². The molecule has 3 heteroatoms. The molecule has 1 saturated heterocycles. The topological polar surface area (TPSA) is 39.1 Å². The zero-order chi connectivity index (χ0) is 11.8. The van der Waals surface area contributed by atoms with Crippen LogP contribution in [0, 0.1) is 17.2 Å². The molecule has 16 heavy (non-hydrogen) atoms. The van der Waals surface area contributed by atoms with Gasteiger partial charge in [-0.25, -0.2) is 0 Å². The minimum absolute atomic E-state index is 0.605. The van der Waals surface area contributed by atoms with E-state index >= 15 is 0 Å². The second-order valence-corrected chi connectivity index (χ2v) is 5.11. The predicted octanol–water partition coefficient (Wildman–Crippen LogP) is 2.00. The average Bonchev–Trinajstić information content (AvgIpc) is 2.28. The monoisotopic (exact) mass is 223 g/mol. The van der Waals surface area contributed by atoms with Crippen molar-refractivity contribution in [2.24, 2.45) is 5.92 Å². The minimum atomic E-state index is 0.605. The van der Waals surface area contributed by atoms with Gasteiger partial charge in [-0.3, -0.25) is 0 Å². The number of nitriles is 1. The Balaban J connectivity index is 2.07. The summed E-state index contributed by atoms with van der Waals surface area (Å²) in [5.41, 5.74) is 0. The van der Waals surface area contributed by atoms with Crippen molar-refractivity contribution in [2.75, 3.05) is 26.2 Å². The van der Waals surface area contributed by atoms with E-state index in [9.17, 15) is 0 Å². The zero-order valence-corrected chi connectivity index (χ0v) is 10.7. The zero-order valence-electron chi connectivity index (χ0n) is 10.7. The quantitative estimate of drug-likeness (QED) is 0.700. The van der Waals surface area contributed by atoms with E-state index in [2.05, 4.69) is 30.1 Å². The van der Waals surface area contributed by atoms with Gasteiger partial charge in [0.15, 0.2) is 0 Å². The molecule has 3 nitrogen and oxygen atoms in total. The molecule has 1 rings (SSSR count). The van der Waals surface area contributed by atoms with Crippen LogP contribution in [-0.4, -0.2) is 37.1 Å². The highest BCUT2D eigenvalue weighted by Gasteiger charge is 2.18. The highest BCUT2D eigenvalue weighted by atomic mass is 15.1. The van der Waals surface area contributed by atoms with E-state index in [4.69, 9.17) is 5.26 Å². The molecule has 0 atom stereocenters. The van der Waals surface area contributed by atoms with E-state index in [0.717, 1.165) is 18.9 Å². The van der Waals surface area contributed by atoms with Crippen LogP contribution in [0.2, 0.25) is 0 Å². The fourth-order valence-electron chi connectivity index (χ4n) is 2.20. The van der Waals surface area contributed by atoms with E-state index in [1.807, 2.05) is 0 Å². The maximum atomic E-state index is 8.48. The molecule has 0 amide bonds. The SMILES string of the molecule is CC(C)NCC1CCN(CCCC#N)CC1. The first-order valence-electron chi connectivity index (χ1n) is 6.55. The lowest BCUT2D eigenvalue weighted by molar-refractivity contribution is 0.180. The Kier molecular flexibility index (Phi) is 6.44. The third-order valence-electron chi connectivity index (χ3n) is 3.28. The molecular weight excluding hydrogens is 198 g/mol. The van der Waals surface area contributed by atoms with Gasteiger partial charge >= 0.3 is 0 Å². The Labute approximate surface area is 99.8 Å². The van der Waals surface area contributed by atoms with Crippen LogP contribution >= 0.6 is 0 Å². The molecule has 0 bridgehead atoms. The molecule has 0 aromatic carbocycles. The Morgan fingerprint density at radius 3 is 2.62 bits per heavy atom. The maximum absolute atomic E-state index is 8.48. The molecule has 1 aliphatic rings. The van der Waals surface area contributed by atoms with Gasteiger partial charge in [-0.2, -0.15) is 5.26 Å². The van der Waals surface area contributed by atoms with Gasteiger partial charge in [0.25, 0.3) is 0 Å². The van der Waals surface area contributed by atoms with Gasteiger partial charge in [-0.15, -0.1) is 0 Å². The largest absolute Gasteiger partial charge is 0.314 e. The third-order valence-corrected chi connectivity index (χ3v) is 3.28. The molecule has 0 aromatic rings. The number of hydrogen-bond donors (Lipinski definition) is 1. The lowest BCUT2D eigenvalue weighted by Crippen LogP contribution is -2.39. The van der Waals surface area contributed by atoms with E-state index in [-0.39, 0.29) is 0 Å². The Hall–Kier alpha value is -0.590. The van der Waals surface area contributed by atoms with Gasteiger partial charge < -0.3 is 10.2 Å². The molecule has 0 unspecified atom stereocenters. The number of nitrogens with zero attached hydrogens (tertiary/aromatic N) is 2. The molecule has 1 aliphatic heterocycles. The Morgan fingerprint density at radius 2 is 2.06 bits per heavy atom. The first-order chi connectivity index (χ1) is 7.72. The van der Waals surface area contributed by atoms with Crippen molar-refractivity contribution in [3.63, 3.8) is 0 Å². The lowest BCUT2D eigenvalue weighted by Gasteiger charge is -2.32. The normalized spacial score (nSPS) is 18.9. The first kappa shape index (κ1) is 13.5. The third kappa shape index (κ3) is 5.48. The van der Waals surface area contributed by atoms with Gasteiger partial charge in [-0.1, -0.05) is 13.8 Å². The summed E-state index contributed by atoms with van der Waals surface area (Å²) in [6.07, 6.45) is 4.36. The van der Waals surface area contributed by atoms with Crippen molar-refractivity contribution in [2.45, 2.75) is 45.6 Å². The molecular formula is C13H25N3. The molecule has 0 aromatic heterocycles. The van der Waals surface area contributed by atoms with Crippen LogP contribution < -0.4 is 5.32 Å². The summed E-state index contributed by atoms with van der Waals surface area (Å²) >= 11 is 0. The Morgan fingerprint density at radius 1 is 1.38 bits per heavy atom. The maximum Gasteiger partial charge on any atom is 0.0622 e. The lowest BCUT2D eigenvalue weighted by atomic mass is 9.96. The molecule has 92 valence electrons. The standard InChI is InChI=1S/C13H25N3/c1-12(2)15-11-13-5-9-16(10-6-13)8-4-3-7-14/h12-13,15H,3-6,8-11H2,1-2H3. The molecule has 0 aliphatic carbocycles. The van der Waals surface area contributed by atoms with Crippen molar-refractivity contribution < 1.29 is 0 Å². The van der Waals surface area contributed by atoms with E-state index in [0.29, 0.717) is 12.5 Å². The summed E-state index contributed by atoms with van der Waals surface area (Å²) in [7, 11) is 0. The van der Waals surface area contributed by atoms with Gasteiger partial charge in [0, 0.05) is 12.5 Å². The van der Waals surface area contributed by atoms with Crippen LogP contribution in [0.1, 0.15) is 39.5 Å². The van der Waals surface area contributed by atoms with Gasteiger partial charge in [0.05, 0.1) is 6.07 Å². The van der Waals surface area contributed by atoms with E-state index < -0.39 is 0 Å². The van der Waals surface area contributed by atoms with Crippen molar-refractivity contribution >= 4 is 0 Å². The van der Waals surface area contributed by atoms with Gasteiger partial charge in [0.2, 0.25) is 0 Å². The number of piperidine rings is 1. The first-order valence-corrected chi connectivity index (χ1v) is 6.55. The summed E-state index contributed by atoms with van der Waals surface area (Å²) in [6, 6.07) is 2.82.